The summed E-state index contributed by atoms with van der Waals surface area (Å²) < 4.78 is 55.7. The van der Waals surface area contributed by atoms with Gasteiger partial charge in [0.05, 0.1) is 17.6 Å². The molecule has 0 atom stereocenters. The van der Waals surface area contributed by atoms with Crippen molar-refractivity contribution in [1.82, 2.24) is 29.5 Å². The van der Waals surface area contributed by atoms with Crippen LogP contribution in [0.3, 0.4) is 0 Å². The van der Waals surface area contributed by atoms with Gasteiger partial charge in [-0.3, -0.25) is 10.1 Å². The number of hydrogen-bond acceptors (Lipinski definition) is 5. The average Bonchev–Trinajstić information content (AvgIpc) is 3.32. The maximum absolute atomic E-state index is 13.4. The van der Waals surface area contributed by atoms with Gasteiger partial charge in [0.15, 0.2) is 5.65 Å². The van der Waals surface area contributed by atoms with Crippen molar-refractivity contribution in [3.63, 3.8) is 0 Å². The summed E-state index contributed by atoms with van der Waals surface area (Å²) in [6, 6.07) is 7.83. The zero-order chi connectivity index (χ0) is 23.7. The van der Waals surface area contributed by atoms with Crippen LogP contribution in [-0.2, 0) is 17.9 Å². The van der Waals surface area contributed by atoms with Crippen LogP contribution < -0.4 is 5.32 Å². The van der Waals surface area contributed by atoms with Crippen molar-refractivity contribution < 1.29 is 22.4 Å². The number of carbonyl (C=O) groups is 1. The number of aryl methyl sites for hydroxylation is 1. The number of anilines is 1. The predicted octanol–water partition coefficient (Wildman–Crippen LogP) is 4.55. The van der Waals surface area contributed by atoms with Crippen molar-refractivity contribution >= 4 is 34.5 Å². The Hall–Kier alpha value is -3.54. The van der Waals surface area contributed by atoms with E-state index in [1.165, 1.54) is 17.9 Å². The minimum Gasteiger partial charge on any atom is -0.292 e. The summed E-state index contributed by atoms with van der Waals surface area (Å²) in [5, 5.41) is 11.1. The Bertz CT molecular complexity index is 1320. The number of aromatic nitrogens is 6. The molecular formula is C20H16ClF4N7O. The fraction of sp³-hybridized carbons (Fsp3) is 0.250. The molecule has 3 heterocycles. The molecule has 4 aromatic rings. The highest BCUT2D eigenvalue weighted by Gasteiger charge is 2.24. The number of fused-ring (bicyclic) bond motifs is 1. The molecule has 0 bridgehead atoms. The van der Waals surface area contributed by atoms with Crippen LogP contribution in [0.5, 0.6) is 0 Å². The van der Waals surface area contributed by atoms with Gasteiger partial charge >= 0.3 is 0 Å². The van der Waals surface area contributed by atoms with Crippen molar-refractivity contribution in [1.29, 1.82) is 0 Å². The summed E-state index contributed by atoms with van der Waals surface area (Å²) in [5.41, 5.74) is -0.716. The standard InChI is InChI=1S/C20H16ClF4N7O/c1-10-16-12(17(22)23)6-14(18(24)25)27-19(16)32(29-10)8-15(33)28-20-26-9-31(30-20)7-11-4-2-3-5-13(11)21/h2-6,9,17-18H,7-8H2,1H3,(H,28,30,33). The molecule has 0 fully saturated rings. The van der Waals surface area contributed by atoms with Gasteiger partial charge in [0.25, 0.3) is 12.9 Å². The molecule has 0 aliphatic carbocycles. The highest BCUT2D eigenvalue weighted by atomic mass is 35.5. The molecule has 172 valence electrons. The SMILES string of the molecule is Cc1nn(CC(=O)Nc2ncn(Cc3ccccc3Cl)n2)c2nc(C(F)F)cc(C(F)F)c12. The van der Waals surface area contributed by atoms with E-state index in [9.17, 15) is 22.4 Å². The fourth-order valence-electron chi connectivity index (χ4n) is 3.33. The topological polar surface area (TPSA) is 90.5 Å². The third-order valence-electron chi connectivity index (χ3n) is 4.76. The van der Waals surface area contributed by atoms with Gasteiger partial charge < -0.3 is 0 Å². The van der Waals surface area contributed by atoms with Crippen LogP contribution in [0.25, 0.3) is 11.0 Å². The second-order valence-corrected chi connectivity index (χ2v) is 7.49. The first-order valence-corrected chi connectivity index (χ1v) is 9.97. The summed E-state index contributed by atoms with van der Waals surface area (Å²) in [6.45, 7) is 1.29. The van der Waals surface area contributed by atoms with Gasteiger partial charge in [-0.25, -0.2) is 36.9 Å². The molecule has 0 saturated heterocycles. The lowest BCUT2D eigenvalue weighted by atomic mass is 10.1. The van der Waals surface area contributed by atoms with Crippen molar-refractivity contribution in [2.45, 2.75) is 32.9 Å². The zero-order valence-electron chi connectivity index (χ0n) is 17.0. The molecule has 0 aliphatic rings. The van der Waals surface area contributed by atoms with E-state index in [4.69, 9.17) is 11.6 Å². The predicted molar refractivity (Wildman–Crippen MR) is 111 cm³/mol. The van der Waals surface area contributed by atoms with Crippen LogP contribution in [-0.4, -0.2) is 35.4 Å². The highest BCUT2D eigenvalue weighted by Crippen LogP contribution is 2.32. The molecule has 1 amide bonds. The largest absolute Gasteiger partial charge is 0.292 e. The molecule has 1 N–H and O–H groups in total. The Morgan fingerprint density at radius 1 is 1.15 bits per heavy atom. The van der Waals surface area contributed by atoms with Gasteiger partial charge in [0.2, 0.25) is 11.9 Å². The number of carbonyl (C=O) groups excluding carboxylic acids is 1. The first kappa shape index (κ1) is 22.6. The highest BCUT2D eigenvalue weighted by molar-refractivity contribution is 6.31. The van der Waals surface area contributed by atoms with Crippen molar-refractivity contribution in [3.05, 3.63) is 64.2 Å². The maximum atomic E-state index is 13.4. The number of benzene rings is 1. The first-order chi connectivity index (χ1) is 15.7. The van der Waals surface area contributed by atoms with E-state index in [0.29, 0.717) is 17.6 Å². The van der Waals surface area contributed by atoms with Crippen LogP contribution in [0.2, 0.25) is 5.02 Å². The normalized spacial score (nSPS) is 11.6. The van der Waals surface area contributed by atoms with Gasteiger partial charge in [-0.15, -0.1) is 5.10 Å². The molecule has 0 spiro atoms. The molecular weight excluding hydrogens is 466 g/mol. The summed E-state index contributed by atoms with van der Waals surface area (Å²) in [5.74, 6) is -0.646. The van der Waals surface area contributed by atoms with Gasteiger partial charge in [-0.2, -0.15) is 5.10 Å². The minimum atomic E-state index is -3.06. The Morgan fingerprint density at radius 3 is 2.61 bits per heavy atom. The average molecular weight is 482 g/mol. The number of rotatable bonds is 7. The number of halogens is 5. The lowest BCUT2D eigenvalue weighted by Gasteiger charge is -2.08. The van der Waals surface area contributed by atoms with E-state index in [0.717, 1.165) is 10.2 Å². The van der Waals surface area contributed by atoms with E-state index in [2.05, 4.69) is 25.5 Å². The van der Waals surface area contributed by atoms with Gasteiger partial charge in [-0.1, -0.05) is 29.8 Å². The second-order valence-electron chi connectivity index (χ2n) is 7.08. The van der Waals surface area contributed by atoms with Crippen LogP contribution in [0.1, 0.15) is 35.4 Å². The summed E-state index contributed by atoms with van der Waals surface area (Å²) in [6.07, 6.45) is -4.67. The molecule has 1 aromatic carbocycles. The Morgan fingerprint density at radius 2 is 1.91 bits per heavy atom. The summed E-state index contributed by atoms with van der Waals surface area (Å²) in [7, 11) is 0. The van der Waals surface area contributed by atoms with Gasteiger partial charge in [-0.05, 0) is 24.6 Å². The lowest BCUT2D eigenvalue weighted by Crippen LogP contribution is -2.21. The molecule has 3 aromatic heterocycles. The van der Waals surface area contributed by atoms with Crippen LogP contribution >= 0.6 is 11.6 Å². The number of nitrogens with one attached hydrogen (secondary N) is 1. The molecule has 0 aliphatic heterocycles. The molecule has 0 saturated carbocycles. The minimum absolute atomic E-state index is 0.00487. The third-order valence-corrected chi connectivity index (χ3v) is 5.13. The van der Waals surface area contributed by atoms with E-state index in [1.54, 1.807) is 12.1 Å². The first-order valence-electron chi connectivity index (χ1n) is 9.60. The molecule has 4 rings (SSSR count). The van der Waals surface area contributed by atoms with Crippen molar-refractivity contribution in [3.8, 4) is 0 Å². The number of pyridine rings is 1. The summed E-state index contributed by atoms with van der Waals surface area (Å²) >= 11 is 6.13. The van der Waals surface area contributed by atoms with Crippen LogP contribution in [0.15, 0.2) is 36.7 Å². The van der Waals surface area contributed by atoms with E-state index in [-0.39, 0.29) is 22.7 Å². The number of nitrogens with zero attached hydrogens (tertiary/aromatic N) is 6. The van der Waals surface area contributed by atoms with Crippen LogP contribution in [0, 0.1) is 6.92 Å². The third kappa shape index (κ3) is 4.80. The van der Waals surface area contributed by atoms with E-state index in [1.807, 2.05) is 12.1 Å². The molecule has 33 heavy (non-hydrogen) atoms. The van der Waals surface area contributed by atoms with Crippen molar-refractivity contribution in [2.75, 3.05) is 5.32 Å². The number of alkyl halides is 4. The van der Waals surface area contributed by atoms with E-state index >= 15 is 0 Å². The fourth-order valence-corrected chi connectivity index (χ4v) is 3.53. The Labute approximate surface area is 189 Å². The molecule has 8 nitrogen and oxygen atoms in total. The Kier molecular flexibility index (Phi) is 6.27. The van der Waals surface area contributed by atoms with Crippen LogP contribution in [0.4, 0.5) is 23.5 Å². The lowest BCUT2D eigenvalue weighted by molar-refractivity contribution is -0.116. The Balaban J connectivity index is 1.54. The smallest absolute Gasteiger partial charge is 0.280 e. The molecule has 0 unspecified atom stereocenters. The number of hydrogen-bond donors (Lipinski definition) is 1. The second kappa shape index (κ2) is 9.14. The zero-order valence-corrected chi connectivity index (χ0v) is 17.8. The maximum Gasteiger partial charge on any atom is 0.280 e. The van der Waals surface area contributed by atoms with Gasteiger partial charge in [0.1, 0.15) is 18.6 Å². The van der Waals surface area contributed by atoms with Gasteiger partial charge in [0, 0.05) is 10.6 Å². The van der Waals surface area contributed by atoms with E-state index < -0.39 is 36.6 Å². The molecule has 13 heteroatoms. The molecule has 0 radical (unpaired) electrons. The van der Waals surface area contributed by atoms with Crippen molar-refractivity contribution in [2.24, 2.45) is 0 Å². The number of amides is 1. The monoisotopic (exact) mass is 481 g/mol. The summed E-state index contributed by atoms with van der Waals surface area (Å²) in [4.78, 5) is 20.2. The quantitative estimate of drug-likeness (QED) is 0.391.